The van der Waals surface area contributed by atoms with E-state index >= 15 is 0 Å². The van der Waals surface area contributed by atoms with Gasteiger partial charge in [-0.25, -0.2) is 0 Å². The van der Waals surface area contributed by atoms with Crippen LogP contribution in [-0.2, 0) is 39.9 Å². The van der Waals surface area contributed by atoms with Crippen molar-refractivity contribution in [2.24, 2.45) is 0 Å². The van der Waals surface area contributed by atoms with Crippen LogP contribution in [0.15, 0.2) is 24.3 Å². The van der Waals surface area contributed by atoms with E-state index in [4.69, 9.17) is 14.2 Å². The highest BCUT2D eigenvalue weighted by Crippen LogP contribution is 2.39. The average molecular weight is 375 g/mol. The Balaban J connectivity index is 2.08. The SMILES string of the molecule is CC(=O)OC1C(=O)C2c3ccccc3CNC2C(OC(C)=O)C1OC(C)=O. The molecule has 1 N–H and O–H groups in total. The van der Waals surface area contributed by atoms with E-state index in [1.165, 1.54) is 13.8 Å². The molecule has 0 radical (unpaired) electrons. The van der Waals surface area contributed by atoms with E-state index in [-0.39, 0.29) is 0 Å². The van der Waals surface area contributed by atoms with E-state index in [9.17, 15) is 19.2 Å². The lowest BCUT2D eigenvalue weighted by molar-refractivity contribution is -0.196. The highest BCUT2D eigenvalue weighted by Gasteiger charge is 2.56. The maximum Gasteiger partial charge on any atom is 0.303 e. The van der Waals surface area contributed by atoms with Crippen molar-refractivity contribution >= 4 is 23.7 Å². The smallest absolute Gasteiger partial charge is 0.303 e. The summed E-state index contributed by atoms with van der Waals surface area (Å²) in [6, 6.07) is 6.80. The fourth-order valence-corrected chi connectivity index (χ4v) is 3.85. The number of ketones is 1. The van der Waals surface area contributed by atoms with Crippen LogP contribution in [0.2, 0.25) is 0 Å². The Labute approximate surface area is 156 Å². The molecule has 1 saturated carbocycles. The first-order chi connectivity index (χ1) is 12.8. The van der Waals surface area contributed by atoms with Crippen LogP contribution in [0.1, 0.15) is 37.8 Å². The molecule has 144 valence electrons. The molecule has 27 heavy (non-hydrogen) atoms. The van der Waals surface area contributed by atoms with Gasteiger partial charge in [0, 0.05) is 27.3 Å². The van der Waals surface area contributed by atoms with Gasteiger partial charge in [0.25, 0.3) is 0 Å². The van der Waals surface area contributed by atoms with E-state index in [0.717, 1.165) is 18.1 Å². The molecule has 0 amide bonds. The zero-order valence-corrected chi connectivity index (χ0v) is 15.3. The third-order valence-corrected chi connectivity index (χ3v) is 4.74. The monoisotopic (exact) mass is 375 g/mol. The molecule has 0 saturated heterocycles. The van der Waals surface area contributed by atoms with Crippen molar-refractivity contribution in [1.29, 1.82) is 0 Å². The second kappa shape index (κ2) is 7.48. The Morgan fingerprint density at radius 2 is 1.52 bits per heavy atom. The Bertz CT molecular complexity index is 790. The molecule has 2 aliphatic rings. The predicted octanol–water partition coefficient (Wildman–Crippen LogP) is 0.620. The number of ether oxygens (including phenoxy) is 3. The van der Waals surface area contributed by atoms with Gasteiger partial charge in [-0.3, -0.25) is 19.2 Å². The third kappa shape index (κ3) is 3.71. The number of nitrogens with one attached hydrogen (secondary N) is 1. The van der Waals surface area contributed by atoms with Crippen LogP contribution >= 0.6 is 0 Å². The van der Waals surface area contributed by atoms with Crippen LogP contribution in [0.25, 0.3) is 0 Å². The molecule has 8 heteroatoms. The zero-order valence-electron chi connectivity index (χ0n) is 15.3. The molecular formula is C19H21NO7. The molecule has 1 aromatic carbocycles. The minimum Gasteiger partial charge on any atom is -0.457 e. The molecule has 1 aliphatic heterocycles. The molecule has 5 atom stereocenters. The summed E-state index contributed by atoms with van der Waals surface area (Å²) in [6.45, 7) is 4.04. The molecule has 0 aromatic heterocycles. The number of carbonyl (C=O) groups is 4. The first-order valence-corrected chi connectivity index (χ1v) is 8.66. The first kappa shape index (κ1) is 19.0. The third-order valence-electron chi connectivity index (χ3n) is 4.74. The van der Waals surface area contributed by atoms with Gasteiger partial charge in [0.2, 0.25) is 6.10 Å². The largest absolute Gasteiger partial charge is 0.457 e. The molecule has 1 aromatic rings. The normalized spacial score (nSPS) is 29.1. The zero-order chi connectivity index (χ0) is 19.7. The number of fused-ring (bicyclic) bond motifs is 3. The molecule has 1 heterocycles. The number of carbonyl (C=O) groups excluding carboxylic acids is 4. The van der Waals surface area contributed by atoms with Gasteiger partial charge in [0.05, 0.1) is 12.0 Å². The van der Waals surface area contributed by atoms with Gasteiger partial charge in [-0.2, -0.15) is 0 Å². The molecule has 8 nitrogen and oxygen atoms in total. The summed E-state index contributed by atoms with van der Waals surface area (Å²) in [7, 11) is 0. The van der Waals surface area contributed by atoms with Crippen LogP contribution in [-0.4, -0.2) is 48.0 Å². The summed E-state index contributed by atoms with van der Waals surface area (Å²) in [5.74, 6) is -3.05. The van der Waals surface area contributed by atoms with Gasteiger partial charge in [-0.1, -0.05) is 24.3 Å². The second-order valence-electron chi connectivity index (χ2n) is 6.66. The summed E-state index contributed by atoms with van der Waals surface area (Å²) in [5, 5.41) is 3.21. The molecular weight excluding hydrogens is 354 g/mol. The maximum atomic E-state index is 13.2. The van der Waals surface area contributed by atoms with Crippen LogP contribution in [0.3, 0.4) is 0 Å². The lowest BCUT2D eigenvalue weighted by Gasteiger charge is -2.46. The fourth-order valence-electron chi connectivity index (χ4n) is 3.85. The van der Waals surface area contributed by atoms with Crippen molar-refractivity contribution in [3.05, 3.63) is 35.4 Å². The summed E-state index contributed by atoms with van der Waals surface area (Å²) >= 11 is 0. The standard InChI is InChI=1S/C19H21NO7/c1-9(21)25-17-15-14(13-7-5-4-6-12(13)8-20-15)16(24)18(26-10(2)22)19(17)27-11(3)23/h4-7,14-15,17-20H,8H2,1-3H3. The topological polar surface area (TPSA) is 108 Å². The highest BCUT2D eigenvalue weighted by molar-refractivity contribution is 5.94. The van der Waals surface area contributed by atoms with Crippen molar-refractivity contribution in [2.45, 2.75) is 57.6 Å². The van der Waals surface area contributed by atoms with E-state index in [1.54, 1.807) is 0 Å². The first-order valence-electron chi connectivity index (χ1n) is 8.66. The number of Topliss-reactive ketones (excluding diaryl/α,β-unsaturated/α-hetero) is 1. The number of hydrogen-bond acceptors (Lipinski definition) is 8. The molecule has 0 bridgehead atoms. The van der Waals surface area contributed by atoms with Gasteiger partial charge < -0.3 is 19.5 Å². The molecule has 3 rings (SSSR count). The molecule has 1 fully saturated rings. The average Bonchev–Trinajstić information content (AvgIpc) is 2.59. The maximum absolute atomic E-state index is 13.2. The second-order valence-corrected chi connectivity index (χ2v) is 6.66. The quantitative estimate of drug-likeness (QED) is 0.605. The summed E-state index contributed by atoms with van der Waals surface area (Å²) in [5.41, 5.74) is 1.71. The van der Waals surface area contributed by atoms with Crippen molar-refractivity contribution in [1.82, 2.24) is 5.32 Å². The van der Waals surface area contributed by atoms with Crippen molar-refractivity contribution in [3.63, 3.8) is 0 Å². The Kier molecular flexibility index (Phi) is 5.27. The summed E-state index contributed by atoms with van der Waals surface area (Å²) in [4.78, 5) is 48.1. The number of esters is 3. The van der Waals surface area contributed by atoms with Crippen LogP contribution in [0, 0.1) is 0 Å². The molecule has 5 unspecified atom stereocenters. The van der Waals surface area contributed by atoms with Gasteiger partial charge in [-0.15, -0.1) is 0 Å². The van der Waals surface area contributed by atoms with Crippen LogP contribution in [0.4, 0.5) is 0 Å². The van der Waals surface area contributed by atoms with Gasteiger partial charge in [-0.05, 0) is 11.1 Å². The van der Waals surface area contributed by atoms with Crippen molar-refractivity contribution in [3.8, 4) is 0 Å². The lowest BCUT2D eigenvalue weighted by atomic mass is 9.71. The minimum absolute atomic E-state index is 0.399. The molecule has 0 spiro atoms. The van der Waals surface area contributed by atoms with E-state index in [0.29, 0.717) is 6.54 Å². The van der Waals surface area contributed by atoms with Crippen LogP contribution < -0.4 is 5.32 Å². The number of hydrogen-bond donors (Lipinski definition) is 1. The highest BCUT2D eigenvalue weighted by atomic mass is 16.6. The summed E-state index contributed by atoms with van der Waals surface area (Å²) < 4.78 is 15.9. The van der Waals surface area contributed by atoms with E-state index < -0.39 is 54.0 Å². The Hall–Kier alpha value is -2.74. The molecule has 1 aliphatic carbocycles. The van der Waals surface area contributed by atoms with Crippen molar-refractivity contribution in [2.75, 3.05) is 0 Å². The number of benzene rings is 1. The number of rotatable bonds is 3. The lowest BCUT2D eigenvalue weighted by Crippen LogP contribution is -2.66. The van der Waals surface area contributed by atoms with E-state index in [2.05, 4.69) is 5.32 Å². The van der Waals surface area contributed by atoms with Gasteiger partial charge in [0.1, 0.15) is 0 Å². The predicted molar refractivity (Wildman–Crippen MR) is 91.5 cm³/mol. The van der Waals surface area contributed by atoms with E-state index in [1.807, 2.05) is 24.3 Å². The van der Waals surface area contributed by atoms with Gasteiger partial charge in [0.15, 0.2) is 18.0 Å². The Morgan fingerprint density at radius 1 is 0.926 bits per heavy atom. The van der Waals surface area contributed by atoms with Gasteiger partial charge >= 0.3 is 17.9 Å². The fraction of sp³-hybridized carbons (Fsp3) is 0.474. The van der Waals surface area contributed by atoms with Crippen molar-refractivity contribution < 1.29 is 33.4 Å². The minimum atomic E-state index is -1.36. The Morgan fingerprint density at radius 3 is 2.15 bits per heavy atom. The summed E-state index contributed by atoms with van der Waals surface area (Å²) in [6.07, 6.45) is -3.56. The van der Waals surface area contributed by atoms with Crippen LogP contribution in [0.5, 0.6) is 0 Å².